The SMILES string of the molecule is CS(=O)(=O)c1ccc(NCCc2ccc(N)cc2)cc1. The van der Waals surface area contributed by atoms with Crippen LogP contribution in [0.5, 0.6) is 0 Å². The standard InChI is InChI=1S/C15H18N2O2S/c1-20(18,19)15-8-6-14(7-9-15)17-11-10-12-2-4-13(16)5-3-12/h2-9,17H,10-11,16H2,1H3. The highest BCUT2D eigenvalue weighted by atomic mass is 32.2. The Morgan fingerprint density at radius 2 is 1.60 bits per heavy atom. The first-order valence-corrected chi connectivity index (χ1v) is 8.23. The quantitative estimate of drug-likeness (QED) is 0.829. The number of benzene rings is 2. The van der Waals surface area contributed by atoms with Crippen molar-refractivity contribution in [3.05, 3.63) is 54.1 Å². The molecular formula is C15H18N2O2S. The molecule has 0 saturated heterocycles. The molecule has 2 rings (SSSR count). The summed E-state index contributed by atoms with van der Waals surface area (Å²) in [5.74, 6) is 0. The van der Waals surface area contributed by atoms with E-state index in [1.165, 1.54) is 11.8 Å². The molecule has 0 aliphatic rings. The topological polar surface area (TPSA) is 72.2 Å². The summed E-state index contributed by atoms with van der Waals surface area (Å²) in [7, 11) is -3.13. The number of nitrogens with two attached hydrogens (primary N) is 1. The fourth-order valence-corrected chi connectivity index (χ4v) is 2.49. The number of rotatable bonds is 5. The summed E-state index contributed by atoms with van der Waals surface area (Å²) in [5.41, 5.74) is 8.51. The van der Waals surface area contributed by atoms with Crippen molar-refractivity contribution < 1.29 is 8.42 Å². The van der Waals surface area contributed by atoms with Gasteiger partial charge in [-0.1, -0.05) is 12.1 Å². The number of hydrogen-bond donors (Lipinski definition) is 2. The van der Waals surface area contributed by atoms with Gasteiger partial charge in [-0.2, -0.15) is 0 Å². The normalized spacial score (nSPS) is 11.2. The molecule has 0 aliphatic heterocycles. The van der Waals surface area contributed by atoms with E-state index in [0.29, 0.717) is 4.90 Å². The molecule has 0 aromatic heterocycles. The van der Waals surface area contributed by atoms with Crippen molar-refractivity contribution in [3.63, 3.8) is 0 Å². The van der Waals surface area contributed by atoms with Gasteiger partial charge in [0.25, 0.3) is 0 Å². The van der Waals surface area contributed by atoms with Gasteiger partial charge in [-0.05, 0) is 48.4 Å². The Labute approximate surface area is 119 Å². The van der Waals surface area contributed by atoms with E-state index in [9.17, 15) is 8.42 Å². The predicted molar refractivity (Wildman–Crippen MR) is 82.6 cm³/mol. The maximum atomic E-state index is 11.3. The highest BCUT2D eigenvalue weighted by Crippen LogP contribution is 2.14. The van der Waals surface area contributed by atoms with Crippen LogP contribution >= 0.6 is 0 Å². The molecule has 4 nitrogen and oxygen atoms in total. The number of sulfone groups is 1. The molecule has 5 heteroatoms. The van der Waals surface area contributed by atoms with Crippen molar-refractivity contribution in [1.29, 1.82) is 0 Å². The average Bonchev–Trinajstić information content (AvgIpc) is 2.41. The molecule has 0 fully saturated rings. The van der Waals surface area contributed by atoms with Crippen LogP contribution in [0, 0.1) is 0 Å². The van der Waals surface area contributed by atoms with Crippen molar-refractivity contribution in [2.75, 3.05) is 23.9 Å². The minimum Gasteiger partial charge on any atom is -0.399 e. The Hall–Kier alpha value is -2.01. The van der Waals surface area contributed by atoms with E-state index in [1.807, 2.05) is 24.3 Å². The molecular weight excluding hydrogens is 272 g/mol. The van der Waals surface area contributed by atoms with Gasteiger partial charge in [-0.15, -0.1) is 0 Å². The van der Waals surface area contributed by atoms with Crippen LogP contribution in [0.25, 0.3) is 0 Å². The van der Waals surface area contributed by atoms with E-state index in [0.717, 1.165) is 24.3 Å². The van der Waals surface area contributed by atoms with Gasteiger partial charge in [-0.25, -0.2) is 8.42 Å². The van der Waals surface area contributed by atoms with Gasteiger partial charge in [0.1, 0.15) is 0 Å². The van der Waals surface area contributed by atoms with Crippen molar-refractivity contribution in [2.24, 2.45) is 0 Å². The van der Waals surface area contributed by atoms with Crippen molar-refractivity contribution >= 4 is 21.2 Å². The van der Waals surface area contributed by atoms with E-state index >= 15 is 0 Å². The molecule has 0 amide bonds. The molecule has 0 bridgehead atoms. The zero-order chi connectivity index (χ0) is 14.6. The molecule has 0 heterocycles. The van der Waals surface area contributed by atoms with Crippen LogP contribution in [0.4, 0.5) is 11.4 Å². The van der Waals surface area contributed by atoms with Crippen LogP contribution in [-0.2, 0) is 16.3 Å². The summed E-state index contributed by atoms with van der Waals surface area (Å²) in [5, 5.41) is 3.26. The number of hydrogen-bond acceptors (Lipinski definition) is 4. The van der Waals surface area contributed by atoms with Gasteiger partial charge in [-0.3, -0.25) is 0 Å². The second-order valence-electron chi connectivity index (χ2n) is 4.71. The Morgan fingerprint density at radius 3 is 2.15 bits per heavy atom. The number of nitrogens with one attached hydrogen (secondary N) is 1. The zero-order valence-corrected chi connectivity index (χ0v) is 12.2. The maximum Gasteiger partial charge on any atom is 0.175 e. The Balaban J connectivity index is 1.90. The molecule has 2 aromatic rings. The molecule has 0 unspecified atom stereocenters. The van der Waals surface area contributed by atoms with Crippen molar-refractivity contribution in [3.8, 4) is 0 Å². The third-order valence-electron chi connectivity index (χ3n) is 3.00. The van der Waals surface area contributed by atoms with Crippen LogP contribution in [0.2, 0.25) is 0 Å². The fraction of sp³-hybridized carbons (Fsp3) is 0.200. The second-order valence-corrected chi connectivity index (χ2v) is 6.73. The molecule has 0 radical (unpaired) electrons. The van der Waals surface area contributed by atoms with E-state index < -0.39 is 9.84 Å². The Bertz CT molecular complexity index is 662. The number of nitrogen functional groups attached to an aromatic ring is 1. The first-order valence-electron chi connectivity index (χ1n) is 6.33. The lowest BCUT2D eigenvalue weighted by Gasteiger charge is -2.07. The smallest absolute Gasteiger partial charge is 0.175 e. The third kappa shape index (κ3) is 3.99. The monoisotopic (exact) mass is 290 g/mol. The lowest BCUT2D eigenvalue weighted by atomic mass is 10.1. The van der Waals surface area contributed by atoms with Crippen molar-refractivity contribution in [1.82, 2.24) is 0 Å². The Morgan fingerprint density at radius 1 is 1.00 bits per heavy atom. The van der Waals surface area contributed by atoms with Crippen LogP contribution in [0.15, 0.2) is 53.4 Å². The lowest BCUT2D eigenvalue weighted by Crippen LogP contribution is -2.05. The predicted octanol–water partition coefficient (Wildman–Crippen LogP) is 2.33. The average molecular weight is 290 g/mol. The summed E-state index contributed by atoms with van der Waals surface area (Å²) in [4.78, 5) is 0.335. The largest absolute Gasteiger partial charge is 0.399 e. The molecule has 0 atom stereocenters. The molecule has 3 N–H and O–H groups in total. The minimum atomic E-state index is -3.13. The summed E-state index contributed by atoms with van der Waals surface area (Å²) in [6.45, 7) is 0.780. The first-order chi connectivity index (χ1) is 9.45. The minimum absolute atomic E-state index is 0.335. The van der Waals surface area contributed by atoms with Crippen LogP contribution in [0.3, 0.4) is 0 Å². The van der Waals surface area contributed by atoms with Crippen LogP contribution in [-0.4, -0.2) is 21.2 Å². The summed E-state index contributed by atoms with van der Waals surface area (Å²) < 4.78 is 22.7. The lowest BCUT2D eigenvalue weighted by molar-refractivity contribution is 0.602. The molecule has 20 heavy (non-hydrogen) atoms. The van der Waals surface area contributed by atoms with E-state index in [-0.39, 0.29) is 0 Å². The second kappa shape index (κ2) is 5.96. The summed E-state index contributed by atoms with van der Waals surface area (Å²) >= 11 is 0. The van der Waals surface area contributed by atoms with Gasteiger partial charge < -0.3 is 11.1 Å². The van der Waals surface area contributed by atoms with Gasteiger partial charge in [0, 0.05) is 24.2 Å². The maximum absolute atomic E-state index is 11.3. The molecule has 2 aromatic carbocycles. The van der Waals surface area contributed by atoms with Crippen LogP contribution < -0.4 is 11.1 Å². The zero-order valence-electron chi connectivity index (χ0n) is 11.3. The first kappa shape index (κ1) is 14.4. The van der Waals surface area contributed by atoms with Crippen LogP contribution in [0.1, 0.15) is 5.56 Å². The molecule has 0 saturated carbocycles. The van der Waals surface area contributed by atoms with E-state index in [1.54, 1.807) is 24.3 Å². The van der Waals surface area contributed by atoms with Gasteiger partial charge in [0.05, 0.1) is 4.90 Å². The highest BCUT2D eigenvalue weighted by Gasteiger charge is 2.05. The third-order valence-corrected chi connectivity index (χ3v) is 4.13. The highest BCUT2D eigenvalue weighted by molar-refractivity contribution is 7.90. The van der Waals surface area contributed by atoms with Gasteiger partial charge in [0.2, 0.25) is 0 Å². The number of anilines is 2. The Kier molecular flexibility index (Phi) is 4.29. The summed E-state index contributed by atoms with van der Waals surface area (Å²) in [6, 6.07) is 14.6. The van der Waals surface area contributed by atoms with E-state index in [2.05, 4.69) is 5.32 Å². The summed E-state index contributed by atoms with van der Waals surface area (Å²) in [6.07, 6.45) is 2.09. The van der Waals surface area contributed by atoms with Crippen molar-refractivity contribution in [2.45, 2.75) is 11.3 Å². The van der Waals surface area contributed by atoms with Gasteiger partial charge >= 0.3 is 0 Å². The molecule has 106 valence electrons. The molecule has 0 spiro atoms. The molecule has 0 aliphatic carbocycles. The van der Waals surface area contributed by atoms with E-state index in [4.69, 9.17) is 5.73 Å². The van der Waals surface area contributed by atoms with Gasteiger partial charge in [0.15, 0.2) is 9.84 Å². The fourth-order valence-electron chi connectivity index (χ4n) is 1.86.